The first-order chi connectivity index (χ1) is 5.24. The third-order valence-electron chi connectivity index (χ3n) is 1.39. The molecule has 3 nitrogen and oxygen atoms in total. The summed E-state index contributed by atoms with van der Waals surface area (Å²) in [6.07, 6.45) is 3.34. The van der Waals surface area contributed by atoms with Gasteiger partial charge in [-0.3, -0.25) is 4.98 Å². The summed E-state index contributed by atoms with van der Waals surface area (Å²) in [6.45, 7) is 1.92. The highest BCUT2D eigenvalue weighted by Gasteiger charge is 2.02. The monoisotopic (exact) mass is 147 g/mol. The highest BCUT2D eigenvalue weighted by Crippen LogP contribution is 2.08. The van der Waals surface area contributed by atoms with Gasteiger partial charge in [0.2, 0.25) is 0 Å². The summed E-state index contributed by atoms with van der Waals surface area (Å²) in [5, 5.41) is 8.48. The van der Waals surface area contributed by atoms with Gasteiger partial charge in [-0.1, -0.05) is 6.07 Å². The minimum atomic E-state index is -0.553. The molecule has 0 amide bonds. The third kappa shape index (κ3) is 1.76. The largest absolute Gasteiger partial charge is 0.312 e. The van der Waals surface area contributed by atoms with Crippen LogP contribution in [0.4, 0.5) is 0 Å². The number of aryl methyl sites for hydroxylation is 1. The van der Waals surface area contributed by atoms with Gasteiger partial charge in [0.15, 0.2) is 0 Å². The number of pyridine rings is 1. The second kappa shape index (κ2) is 3.13. The molecule has 1 unspecified atom stereocenters. The molecule has 1 rings (SSSR count). The van der Waals surface area contributed by atoms with Gasteiger partial charge in [-0.2, -0.15) is 5.26 Å². The van der Waals surface area contributed by atoms with Crippen LogP contribution in [0.3, 0.4) is 0 Å². The van der Waals surface area contributed by atoms with Crippen LogP contribution in [0, 0.1) is 18.3 Å². The van der Waals surface area contributed by atoms with Crippen molar-refractivity contribution in [3.8, 4) is 6.07 Å². The Balaban J connectivity index is 2.98. The maximum atomic E-state index is 8.48. The molecule has 0 spiro atoms. The van der Waals surface area contributed by atoms with E-state index in [2.05, 4.69) is 4.98 Å². The molecule has 2 N–H and O–H groups in total. The Morgan fingerprint density at radius 3 is 2.91 bits per heavy atom. The lowest BCUT2D eigenvalue weighted by molar-refractivity contribution is 0.912. The van der Waals surface area contributed by atoms with Crippen molar-refractivity contribution in [1.29, 1.82) is 5.26 Å². The molecule has 0 aliphatic heterocycles. The molecule has 0 aliphatic rings. The Kier molecular flexibility index (Phi) is 2.19. The second-order valence-electron chi connectivity index (χ2n) is 2.40. The van der Waals surface area contributed by atoms with Crippen LogP contribution >= 0.6 is 0 Å². The maximum Gasteiger partial charge on any atom is 0.120 e. The molecule has 1 aromatic heterocycles. The maximum absolute atomic E-state index is 8.48. The first-order valence-electron chi connectivity index (χ1n) is 3.31. The van der Waals surface area contributed by atoms with Crippen molar-refractivity contribution in [2.24, 2.45) is 5.73 Å². The fourth-order valence-corrected chi connectivity index (χ4v) is 0.823. The predicted molar refractivity (Wildman–Crippen MR) is 41.5 cm³/mol. The summed E-state index contributed by atoms with van der Waals surface area (Å²) < 4.78 is 0. The van der Waals surface area contributed by atoms with E-state index in [1.807, 2.05) is 19.1 Å². The van der Waals surface area contributed by atoms with E-state index in [1.165, 1.54) is 0 Å². The van der Waals surface area contributed by atoms with Crippen molar-refractivity contribution in [3.05, 3.63) is 29.6 Å². The van der Waals surface area contributed by atoms with E-state index in [4.69, 9.17) is 11.0 Å². The van der Waals surface area contributed by atoms with Gasteiger partial charge in [0, 0.05) is 18.0 Å². The lowest BCUT2D eigenvalue weighted by Gasteiger charge is -2.01. The Hall–Kier alpha value is -1.40. The van der Waals surface area contributed by atoms with Crippen LogP contribution in [0.1, 0.15) is 17.2 Å². The molecule has 0 aliphatic carbocycles. The average Bonchev–Trinajstić information content (AvgIpc) is 2.03. The Bertz CT molecular complexity index is 288. The number of nitrogens with two attached hydrogens (primary N) is 1. The molecule has 0 radical (unpaired) electrons. The van der Waals surface area contributed by atoms with Crippen LogP contribution in [-0.2, 0) is 0 Å². The molecule has 0 aromatic carbocycles. The van der Waals surface area contributed by atoms with Crippen LogP contribution < -0.4 is 5.73 Å². The van der Waals surface area contributed by atoms with E-state index in [9.17, 15) is 0 Å². The van der Waals surface area contributed by atoms with Crippen molar-refractivity contribution in [1.82, 2.24) is 4.98 Å². The van der Waals surface area contributed by atoms with Gasteiger partial charge in [0.25, 0.3) is 0 Å². The highest BCUT2D eigenvalue weighted by molar-refractivity contribution is 5.23. The molecule has 0 saturated heterocycles. The molecule has 3 heteroatoms. The van der Waals surface area contributed by atoms with Crippen molar-refractivity contribution in [3.63, 3.8) is 0 Å². The van der Waals surface area contributed by atoms with Crippen LogP contribution in [0.25, 0.3) is 0 Å². The summed E-state index contributed by atoms with van der Waals surface area (Å²) in [5.41, 5.74) is 7.25. The van der Waals surface area contributed by atoms with Gasteiger partial charge < -0.3 is 5.73 Å². The Morgan fingerprint density at radius 1 is 1.64 bits per heavy atom. The second-order valence-corrected chi connectivity index (χ2v) is 2.40. The van der Waals surface area contributed by atoms with E-state index >= 15 is 0 Å². The van der Waals surface area contributed by atoms with E-state index in [0.717, 1.165) is 11.1 Å². The van der Waals surface area contributed by atoms with Crippen LogP contribution in [0.5, 0.6) is 0 Å². The lowest BCUT2D eigenvalue weighted by Crippen LogP contribution is -2.07. The van der Waals surface area contributed by atoms with Crippen molar-refractivity contribution in [2.45, 2.75) is 13.0 Å². The minimum absolute atomic E-state index is 0.553. The first kappa shape index (κ1) is 7.70. The van der Waals surface area contributed by atoms with Gasteiger partial charge in [0.05, 0.1) is 6.07 Å². The minimum Gasteiger partial charge on any atom is -0.312 e. The van der Waals surface area contributed by atoms with E-state index in [-0.39, 0.29) is 0 Å². The van der Waals surface area contributed by atoms with E-state index in [1.54, 1.807) is 12.4 Å². The molecule has 0 bridgehead atoms. The molecular weight excluding hydrogens is 138 g/mol. The SMILES string of the molecule is Cc1cncc(C(N)C#N)c1. The van der Waals surface area contributed by atoms with Gasteiger partial charge in [-0.15, -0.1) is 0 Å². The number of nitriles is 1. The topological polar surface area (TPSA) is 62.7 Å². The standard InChI is InChI=1S/C8H9N3/c1-6-2-7(5-11-4-6)8(10)3-9/h2,4-5,8H,10H2,1H3. The van der Waals surface area contributed by atoms with Crippen molar-refractivity contribution in [2.75, 3.05) is 0 Å². The molecule has 56 valence electrons. The van der Waals surface area contributed by atoms with Crippen molar-refractivity contribution >= 4 is 0 Å². The zero-order chi connectivity index (χ0) is 8.27. The molecule has 11 heavy (non-hydrogen) atoms. The molecule has 0 saturated carbocycles. The highest BCUT2D eigenvalue weighted by atomic mass is 14.7. The number of hydrogen-bond donors (Lipinski definition) is 1. The van der Waals surface area contributed by atoms with Gasteiger partial charge in [-0.25, -0.2) is 0 Å². The Morgan fingerprint density at radius 2 is 2.36 bits per heavy atom. The van der Waals surface area contributed by atoms with E-state index in [0.29, 0.717) is 0 Å². The zero-order valence-electron chi connectivity index (χ0n) is 6.28. The summed E-state index contributed by atoms with van der Waals surface area (Å²) >= 11 is 0. The zero-order valence-corrected chi connectivity index (χ0v) is 6.28. The molecular formula is C8H9N3. The van der Waals surface area contributed by atoms with Gasteiger partial charge >= 0.3 is 0 Å². The van der Waals surface area contributed by atoms with Crippen LogP contribution in [0.15, 0.2) is 18.5 Å². The number of aromatic nitrogens is 1. The fourth-order valence-electron chi connectivity index (χ4n) is 0.823. The third-order valence-corrected chi connectivity index (χ3v) is 1.39. The number of nitrogens with zero attached hydrogens (tertiary/aromatic N) is 2. The van der Waals surface area contributed by atoms with Crippen LogP contribution in [-0.4, -0.2) is 4.98 Å². The number of rotatable bonds is 1. The van der Waals surface area contributed by atoms with Gasteiger partial charge in [0.1, 0.15) is 6.04 Å². The number of hydrogen-bond acceptors (Lipinski definition) is 3. The quantitative estimate of drug-likeness (QED) is 0.642. The molecule has 1 heterocycles. The van der Waals surface area contributed by atoms with Crippen LogP contribution in [0.2, 0.25) is 0 Å². The van der Waals surface area contributed by atoms with Crippen molar-refractivity contribution < 1.29 is 0 Å². The summed E-state index contributed by atoms with van der Waals surface area (Å²) in [5.74, 6) is 0. The first-order valence-corrected chi connectivity index (χ1v) is 3.31. The molecule has 1 aromatic rings. The summed E-state index contributed by atoms with van der Waals surface area (Å²) in [4.78, 5) is 3.92. The average molecular weight is 147 g/mol. The summed E-state index contributed by atoms with van der Waals surface area (Å²) in [6, 6.07) is 3.25. The predicted octanol–water partition coefficient (Wildman–Crippen LogP) is 0.913. The molecule has 0 fully saturated rings. The smallest absolute Gasteiger partial charge is 0.120 e. The lowest BCUT2D eigenvalue weighted by atomic mass is 10.1. The Labute approximate surface area is 65.5 Å². The summed E-state index contributed by atoms with van der Waals surface area (Å²) in [7, 11) is 0. The van der Waals surface area contributed by atoms with Gasteiger partial charge in [-0.05, 0) is 12.5 Å². The fraction of sp³-hybridized carbons (Fsp3) is 0.250. The normalized spacial score (nSPS) is 12.1. The van der Waals surface area contributed by atoms with E-state index < -0.39 is 6.04 Å². The molecule has 1 atom stereocenters.